The lowest BCUT2D eigenvalue weighted by atomic mass is 9.76. The third-order valence-corrected chi connectivity index (χ3v) is 6.45. The average Bonchev–Trinajstić information content (AvgIpc) is 2.90. The SMILES string of the molecule is [B]c1c(N2CCOCC2)cc2ncnc(-c3cc(C(O)c4ccc(OC)nn4)c(Cl)cc3F)c2c1[B]. The highest BCUT2D eigenvalue weighted by Gasteiger charge is 2.23. The number of methoxy groups -OCH3 is 1. The Kier molecular flexibility index (Phi) is 6.79. The van der Waals surface area contributed by atoms with Gasteiger partial charge in [-0.2, -0.15) is 0 Å². The Labute approximate surface area is 214 Å². The quantitative estimate of drug-likeness (QED) is 0.410. The van der Waals surface area contributed by atoms with Crippen molar-refractivity contribution in [3.8, 4) is 17.1 Å². The molecule has 1 aliphatic rings. The fourth-order valence-electron chi connectivity index (χ4n) is 4.23. The summed E-state index contributed by atoms with van der Waals surface area (Å²) >= 11 is 6.31. The van der Waals surface area contributed by atoms with Gasteiger partial charge in [0.25, 0.3) is 0 Å². The fraction of sp³-hybridized carbons (Fsp3) is 0.250. The molecule has 4 aromatic rings. The Morgan fingerprint density at radius 1 is 1.11 bits per heavy atom. The summed E-state index contributed by atoms with van der Waals surface area (Å²) in [6.45, 7) is 2.47. The van der Waals surface area contributed by atoms with Crippen LogP contribution in [0, 0.1) is 5.82 Å². The van der Waals surface area contributed by atoms with Gasteiger partial charge in [0, 0.05) is 46.4 Å². The van der Waals surface area contributed by atoms with E-state index in [-0.39, 0.29) is 38.9 Å². The first-order chi connectivity index (χ1) is 17.4. The molecule has 1 fully saturated rings. The summed E-state index contributed by atoms with van der Waals surface area (Å²) in [6, 6.07) is 7.44. The highest BCUT2D eigenvalue weighted by atomic mass is 35.5. The van der Waals surface area contributed by atoms with Crippen LogP contribution in [0.2, 0.25) is 5.02 Å². The van der Waals surface area contributed by atoms with Crippen LogP contribution in [0.4, 0.5) is 10.1 Å². The van der Waals surface area contributed by atoms with Gasteiger partial charge in [-0.15, -0.1) is 10.2 Å². The van der Waals surface area contributed by atoms with E-state index in [1.54, 1.807) is 12.1 Å². The molecule has 1 aliphatic heterocycles. The molecule has 4 radical (unpaired) electrons. The third kappa shape index (κ3) is 4.38. The second-order valence-corrected chi connectivity index (χ2v) is 8.60. The minimum atomic E-state index is -1.28. The van der Waals surface area contributed by atoms with Crippen molar-refractivity contribution in [3.05, 3.63) is 58.8 Å². The normalized spacial score (nSPS) is 14.7. The summed E-state index contributed by atoms with van der Waals surface area (Å²) < 4.78 is 25.7. The first-order valence-electron chi connectivity index (χ1n) is 11.1. The Morgan fingerprint density at radius 2 is 1.89 bits per heavy atom. The van der Waals surface area contributed by atoms with Crippen LogP contribution >= 0.6 is 11.6 Å². The molecule has 2 aromatic heterocycles. The summed E-state index contributed by atoms with van der Waals surface area (Å²) in [5, 5.41) is 19.2. The fourth-order valence-corrected chi connectivity index (χ4v) is 4.48. The van der Waals surface area contributed by atoms with Crippen LogP contribution in [-0.2, 0) is 4.74 Å². The molecule has 8 nitrogen and oxygen atoms in total. The standard InChI is InChI=1S/C24H19B2ClFN5O3/c1-35-19-3-2-16(31-32-19)24(34)12-8-13(15(28)9-14(12)27)23-20-17(29-11-30-23)10-18(21(25)22(20)26)33-4-6-36-7-5-33/h2-3,8-11,24,34H,4-7H2,1H3. The number of aliphatic hydroxyl groups excluding tert-OH is 1. The molecule has 178 valence electrons. The number of benzene rings is 2. The number of fused-ring (bicyclic) bond motifs is 1. The highest BCUT2D eigenvalue weighted by molar-refractivity contribution is 6.55. The van der Waals surface area contributed by atoms with Gasteiger partial charge in [0.15, 0.2) is 0 Å². The first kappa shape index (κ1) is 24.4. The molecule has 1 saturated heterocycles. The largest absolute Gasteiger partial charge is 0.480 e. The van der Waals surface area contributed by atoms with Crippen molar-refractivity contribution in [3.63, 3.8) is 0 Å². The number of hydrogen-bond acceptors (Lipinski definition) is 8. The van der Waals surface area contributed by atoms with Gasteiger partial charge in [0.05, 0.1) is 37.2 Å². The number of morpholine rings is 1. The molecule has 0 saturated carbocycles. The summed E-state index contributed by atoms with van der Waals surface area (Å²) in [5.74, 6) is -0.360. The molecule has 0 spiro atoms. The Hall–Kier alpha value is -3.27. The van der Waals surface area contributed by atoms with E-state index in [0.29, 0.717) is 42.7 Å². The maximum atomic E-state index is 15.2. The summed E-state index contributed by atoms with van der Waals surface area (Å²) in [5.41, 5.74) is 2.56. The summed E-state index contributed by atoms with van der Waals surface area (Å²) in [6.07, 6.45) is 0.0499. The molecule has 3 heterocycles. The number of ether oxygens (including phenoxy) is 2. The molecule has 36 heavy (non-hydrogen) atoms. The van der Waals surface area contributed by atoms with E-state index >= 15 is 4.39 Å². The number of aliphatic hydroxyl groups is 1. The van der Waals surface area contributed by atoms with Gasteiger partial charge in [0.1, 0.15) is 33.9 Å². The van der Waals surface area contributed by atoms with Gasteiger partial charge < -0.3 is 19.5 Å². The van der Waals surface area contributed by atoms with Crippen LogP contribution in [0.25, 0.3) is 22.2 Å². The second kappa shape index (κ2) is 10.0. The minimum absolute atomic E-state index is 0.0156. The van der Waals surface area contributed by atoms with E-state index in [0.717, 1.165) is 11.8 Å². The summed E-state index contributed by atoms with van der Waals surface area (Å²) in [4.78, 5) is 10.8. The predicted molar refractivity (Wildman–Crippen MR) is 136 cm³/mol. The van der Waals surface area contributed by atoms with Crippen LogP contribution in [-0.4, -0.2) is 74.4 Å². The van der Waals surface area contributed by atoms with Crippen molar-refractivity contribution in [2.24, 2.45) is 0 Å². The first-order valence-corrected chi connectivity index (χ1v) is 11.5. The molecule has 2 aromatic carbocycles. The lowest BCUT2D eigenvalue weighted by Gasteiger charge is -2.31. The van der Waals surface area contributed by atoms with Crippen LogP contribution in [0.15, 0.2) is 36.7 Å². The van der Waals surface area contributed by atoms with Crippen molar-refractivity contribution < 1.29 is 19.0 Å². The molecular weight excluding hydrogens is 482 g/mol. The van der Waals surface area contributed by atoms with Crippen LogP contribution in [0.5, 0.6) is 5.88 Å². The van der Waals surface area contributed by atoms with E-state index < -0.39 is 11.9 Å². The van der Waals surface area contributed by atoms with E-state index in [4.69, 9.17) is 36.8 Å². The number of rotatable bonds is 5. The van der Waals surface area contributed by atoms with Gasteiger partial charge in [-0.05, 0) is 24.3 Å². The maximum absolute atomic E-state index is 15.2. The van der Waals surface area contributed by atoms with Gasteiger partial charge in [-0.1, -0.05) is 22.5 Å². The number of nitrogens with zero attached hydrogens (tertiary/aromatic N) is 5. The Morgan fingerprint density at radius 3 is 2.58 bits per heavy atom. The van der Waals surface area contributed by atoms with Gasteiger partial charge >= 0.3 is 0 Å². The van der Waals surface area contributed by atoms with Crippen LogP contribution in [0.1, 0.15) is 17.4 Å². The Balaban J connectivity index is 1.63. The van der Waals surface area contributed by atoms with Gasteiger partial charge in [-0.25, -0.2) is 14.4 Å². The second-order valence-electron chi connectivity index (χ2n) is 8.20. The van der Waals surface area contributed by atoms with E-state index in [9.17, 15) is 5.11 Å². The maximum Gasteiger partial charge on any atom is 0.233 e. The third-order valence-electron chi connectivity index (χ3n) is 6.12. The zero-order valence-electron chi connectivity index (χ0n) is 19.3. The molecule has 0 aliphatic carbocycles. The van der Waals surface area contributed by atoms with E-state index in [1.165, 1.54) is 19.5 Å². The van der Waals surface area contributed by atoms with Crippen molar-refractivity contribution in [2.75, 3.05) is 38.3 Å². The molecule has 12 heteroatoms. The molecule has 1 N–H and O–H groups in total. The highest BCUT2D eigenvalue weighted by Crippen LogP contribution is 2.35. The molecule has 1 atom stereocenters. The Bertz CT molecular complexity index is 1440. The van der Waals surface area contributed by atoms with E-state index in [1.807, 2.05) is 6.07 Å². The van der Waals surface area contributed by atoms with Crippen molar-refractivity contribution in [1.82, 2.24) is 20.2 Å². The molecule has 1 unspecified atom stereocenters. The number of halogens is 2. The molecular formula is C24H19B2ClFN5O3. The number of hydrogen-bond donors (Lipinski definition) is 1. The topological polar surface area (TPSA) is 93.5 Å². The summed E-state index contributed by atoms with van der Waals surface area (Å²) in [7, 11) is 14.3. The lowest BCUT2D eigenvalue weighted by molar-refractivity contribution is 0.123. The zero-order valence-corrected chi connectivity index (χ0v) is 20.0. The van der Waals surface area contributed by atoms with Gasteiger partial charge in [0.2, 0.25) is 5.88 Å². The molecule has 0 bridgehead atoms. The smallest absolute Gasteiger partial charge is 0.233 e. The van der Waals surface area contributed by atoms with Crippen molar-refractivity contribution in [1.29, 1.82) is 0 Å². The monoisotopic (exact) mass is 501 g/mol. The molecule has 5 rings (SSSR count). The predicted octanol–water partition coefficient (Wildman–Crippen LogP) is 1.39. The van der Waals surface area contributed by atoms with Gasteiger partial charge in [-0.3, -0.25) is 0 Å². The number of anilines is 1. The van der Waals surface area contributed by atoms with Crippen LogP contribution < -0.4 is 20.6 Å². The van der Waals surface area contributed by atoms with Crippen molar-refractivity contribution in [2.45, 2.75) is 6.10 Å². The zero-order chi connectivity index (χ0) is 25.4. The van der Waals surface area contributed by atoms with Crippen LogP contribution in [0.3, 0.4) is 0 Å². The molecule has 0 amide bonds. The van der Waals surface area contributed by atoms with E-state index in [2.05, 4.69) is 25.1 Å². The average molecular weight is 502 g/mol. The lowest BCUT2D eigenvalue weighted by Crippen LogP contribution is -2.42. The van der Waals surface area contributed by atoms with Crippen molar-refractivity contribution >= 4 is 54.8 Å². The number of aromatic nitrogens is 4. The minimum Gasteiger partial charge on any atom is -0.480 e.